The highest BCUT2D eigenvalue weighted by Gasteiger charge is 2.22. The third kappa shape index (κ3) is 5.05. The number of likely N-dealkylation sites (N-methyl/N-ethyl adjacent to an activating group) is 1. The van der Waals surface area contributed by atoms with Gasteiger partial charge in [-0.2, -0.15) is 9.97 Å². The van der Waals surface area contributed by atoms with Gasteiger partial charge in [0.15, 0.2) is 0 Å². The predicted octanol–water partition coefficient (Wildman–Crippen LogP) is 2.44. The van der Waals surface area contributed by atoms with Crippen molar-refractivity contribution in [3.63, 3.8) is 0 Å². The summed E-state index contributed by atoms with van der Waals surface area (Å²) in [6, 6.07) is 6.71. The Morgan fingerprint density at radius 1 is 1.17 bits per heavy atom. The highest BCUT2D eigenvalue weighted by atomic mass is 35.5. The molecule has 2 aliphatic rings. The van der Waals surface area contributed by atoms with E-state index in [1.54, 1.807) is 6.07 Å². The van der Waals surface area contributed by atoms with Crippen molar-refractivity contribution in [3.8, 4) is 11.8 Å². The van der Waals surface area contributed by atoms with Crippen LogP contribution in [0.15, 0.2) is 24.3 Å². The lowest BCUT2D eigenvalue weighted by Gasteiger charge is -2.33. The summed E-state index contributed by atoms with van der Waals surface area (Å²) in [7, 11) is 2.11. The summed E-state index contributed by atoms with van der Waals surface area (Å²) in [6.45, 7) is 5.74. The quantitative estimate of drug-likeness (QED) is 0.679. The molecule has 2 fully saturated rings. The molecular weight excluding hydrogens is 397 g/mol. The summed E-state index contributed by atoms with van der Waals surface area (Å²) in [4.78, 5) is 13.5. The molecule has 0 spiro atoms. The van der Waals surface area contributed by atoms with Crippen molar-refractivity contribution >= 4 is 23.2 Å². The smallest absolute Gasteiger partial charge is 0.325 e. The molecule has 2 aromatic rings. The normalized spacial score (nSPS) is 22.7. The SMILES string of the molecule is CC1CC(Nc2cc(N3CCN(C)CC3)nc(Oc3ccc(Cl)c(F)c3)n2)NN1. The van der Waals surface area contributed by atoms with Crippen LogP contribution in [-0.2, 0) is 0 Å². The van der Waals surface area contributed by atoms with E-state index in [1.807, 2.05) is 6.07 Å². The number of anilines is 2. The molecule has 10 heteroatoms. The van der Waals surface area contributed by atoms with Gasteiger partial charge in [0.05, 0.1) is 11.2 Å². The zero-order chi connectivity index (χ0) is 20.4. The standard InChI is InChI=1S/C19H25ClFN7O/c1-12-9-17(26-25-12)22-16-11-18(28-7-5-27(2)6-8-28)24-19(23-16)29-13-3-4-14(20)15(21)10-13/h3-4,10-12,17,25-26H,5-9H2,1-2H3,(H,22,23,24). The van der Waals surface area contributed by atoms with Crippen molar-refractivity contribution in [2.75, 3.05) is 43.4 Å². The zero-order valence-electron chi connectivity index (χ0n) is 16.5. The summed E-state index contributed by atoms with van der Waals surface area (Å²) in [6.07, 6.45) is 0.952. The van der Waals surface area contributed by atoms with E-state index in [2.05, 4.69) is 49.9 Å². The highest BCUT2D eigenvalue weighted by Crippen LogP contribution is 2.27. The maximum Gasteiger partial charge on any atom is 0.325 e. The van der Waals surface area contributed by atoms with Crippen molar-refractivity contribution in [3.05, 3.63) is 35.1 Å². The number of piperazine rings is 1. The first kappa shape index (κ1) is 20.1. The second-order valence-corrected chi connectivity index (χ2v) is 7.89. The summed E-state index contributed by atoms with van der Waals surface area (Å²) in [5, 5.41) is 3.41. The van der Waals surface area contributed by atoms with Crippen molar-refractivity contribution in [2.24, 2.45) is 0 Å². The van der Waals surface area contributed by atoms with Gasteiger partial charge in [-0.1, -0.05) is 11.6 Å². The third-order valence-corrected chi connectivity index (χ3v) is 5.34. The van der Waals surface area contributed by atoms with Gasteiger partial charge in [0.1, 0.15) is 23.2 Å². The molecule has 1 aromatic heterocycles. The average molecular weight is 422 g/mol. The number of hydrazine groups is 1. The summed E-state index contributed by atoms with van der Waals surface area (Å²) >= 11 is 5.76. The van der Waals surface area contributed by atoms with Crippen LogP contribution in [0, 0.1) is 5.82 Å². The minimum atomic E-state index is -0.548. The third-order valence-electron chi connectivity index (χ3n) is 5.03. The Morgan fingerprint density at radius 2 is 1.97 bits per heavy atom. The number of aromatic nitrogens is 2. The zero-order valence-corrected chi connectivity index (χ0v) is 17.2. The number of benzene rings is 1. The van der Waals surface area contributed by atoms with Gasteiger partial charge in [-0.25, -0.2) is 9.82 Å². The number of hydrogen-bond acceptors (Lipinski definition) is 8. The van der Waals surface area contributed by atoms with E-state index in [4.69, 9.17) is 16.3 Å². The number of rotatable bonds is 5. The second kappa shape index (κ2) is 8.66. The molecule has 0 saturated carbocycles. The highest BCUT2D eigenvalue weighted by molar-refractivity contribution is 6.30. The van der Waals surface area contributed by atoms with Crippen LogP contribution in [0.4, 0.5) is 16.0 Å². The van der Waals surface area contributed by atoms with Gasteiger partial charge in [-0.15, -0.1) is 0 Å². The van der Waals surface area contributed by atoms with Gasteiger partial charge < -0.3 is 19.9 Å². The second-order valence-electron chi connectivity index (χ2n) is 7.48. The molecule has 156 valence electrons. The van der Waals surface area contributed by atoms with Gasteiger partial charge in [0.25, 0.3) is 0 Å². The number of hydrogen-bond donors (Lipinski definition) is 3. The fraction of sp³-hybridized carbons (Fsp3) is 0.474. The van der Waals surface area contributed by atoms with Crippen LogP contribution in [0.3, 0.4) is 0 Å². The van der Waals surface area contributed by atoms with E-state index in [9.17, 15) is 4.39 Å². The maximum atomic E-state index is 13.8. The lowest BCUT2D eigenvalue weighted by atomic mass is 10.2. The lowest BCUT2D eigenvalue weighted by molar-refractivity contribution is 0.311. The summed E-state index contributed by atoms with van der Waals surface area (Å²) in [5.41, 5.74) is 6.38. The minimum Gasteiger partial charge on any atom is -0.424 e. The molecule has 0 radical (unpaired) electrons. The fourth-order valence-corrected chi connectivity index (χ4v) is 3.48. The van der Waals surface area contributed by atoms with Crippen molar-refractivity contribution < 1.29 is 9.13 Å². The molecule has 4 rings (SSSR count). The topological polar surface area (TPSA) is 77.6 Å². The van der Waals surface area contributed by atoms with Crippen molar-refractivity contribution in [2.45, 2.75) is 25.6 Å². The summed E-state index contributed by atoms with van der Waals surface area (Å²) < 4.78 is 19.5. The van der Waals surface area contributed by atoms with Crippen molar-refractivity contribution in [1.29, 1.82) is 0 Å². The molecule has 2 atom stereocenters. The average Bonchev–Trinajstić information content (AvgIpc) is 3.10. The van der Waals surface area contributed by atoms with Crippen LogP contribution >= 0.6 is 11.6 Å². The Kier molecular flexibility index (Phi) is 6.00. The van der Waals surface area contributed by atoms with Crippen LogP contribution in [0.5, 0.6) is 11.8 Å². The van der Waals surface area contributed by atoms with E-state index < -0.39 is 5.82 Å². The molecule has 0 amide bonds. The number of nitrogens with zero attached hydrogens (tertiary/aromatic N) is 4. The van der Waals surface area contributed by atoms with E-state index in [1.165, 1.54) is 12.1 Å². The van der Waals surface area contributed by atoms with Gasteiger partial charge in [0.2, 0.25) is 0 Å². The Bertz CT molecular complexity index is 862. The van der Waals surface area contributed by atoms with E-state index in [0.29, 0.717) is 17.6 Å². The number of nitrogens with one attached hydrogen (secondary N) is 3. The Labute approximate surface area is 174 Å². The van der Waals surface area contributed by atoms with E-state index >= 15 is 0 Å². The van der Waals surface area contributed by atoms with Gasteiger partial charge in [-0.05, 0) is 32.5 Å². The Balaban J connectivity index is 1.59. The largest absolute Gasteiger partial charge is 0.424 e. The predicted molar refractivity (Wildman–Crippen MR) is 111 cm³/mol. The van der Waals surface area contributed by atoms with Crippen LogP contribution in [0.25, 0.3) is 0 Å². The molecule has 29 heavy (non-hydrogen) atoms. The Morgan fingerprint density at radius 3 is 2.66 bits per heavy atom. The van der Waals surface area contributed by atoms with Gasteiger partial charge >= 0.3 is 6.01 Å². The molecule has 3 heterocycles. The molecule has 2 saturated heterocycles. The molecule has 3 N–H and O–H groups in total. The van der Waals surface area contributed by atoms with Crippen LogP contribution in [0.1, 0.15) is 13.3 Å². The van der Waals surface area contributed by atoms with Crippen LogP contribution in [-0.4, -0.2) is 60.3 Å². The first-order valence-electron chi connectivity index (χ1n) is 9.69. The lowest BCUT2D eigenvalue weighted by Crippen LogP contribution is -2.45. The monoisotopic (exact) mass is 421 g/mol. The minimum absolute atomic E-state index is 0.0424. The van der Waals surface area contributed by atoms with Gasteiger partial charge in [0, 0.05) is 44.4 Å². The molecule has 0 bridgehead atoms. The van der Waals surface area contributed by atoms with Gasteiger partial charge in [-0.3, -0.25) is 5.43 Å². The molecule has 2 unspecified atom stereocenters. The maximum absolute atomic E-state index is 13.8. The Hall–Kier alpha value is -2.20. The molecule has 8 nitrogen and oxygen atoms in total. The fourth-order valence-electron chi connectivity index (χ4n) is 3.36. The number of ether oxygens (including phenoxy) is 1. The first-order valence-corrected chi connectivity index (χ1v) is 10.1. The summed E-state index contributed by atoms with van der Waals surface area (Å²) in [5.74, 6) is 1.17. The van der Waals surface area contributed by atoms with E-state index in [-0.39, 0.29) is 17.2 Å². The molecule has 2 aliphatic heterocycles. The molecule has 0 aliphatic carbocycles. The molecule has 1 aromatic carbocycles. The van der Waals surface area contributed by atoms with Crippen LogP contribution < -0.4 is 25.8 Å². The first-order chi connectivity index (χ1) is 14.0. The van der Waals surface area contributed by atoms with Crippen molar-refractivity contribution in [1.82, 2.24) is 25.7 Å². The molecular formula is C19H25ClFN7O. The number of halogens is 2. The van der Waals surface area contributed by atoms with Crippen LogP contribution in [0.2, 0.25) is 5.02 Å². The van der Waals surface area contributed by atoms with E-state index in [0.717, 1.165) is 38.4 Å².